The molecule has 0 fully saturated rings. The van der Waals surface area contributed by atoms with Crippen LogP contribution in [-0.4, -0.2) is 55.2 Å². The Kier molecular flexibility index (Phi) is 23.5. The van der Waals surface area contributed by atoms with E-state index in [9.17, 15) is 0 Å². The molecule has 178 valence electrons. The molecule has 0 saturated carbocycles. The van der Waals surface area contributed by atoms with E-state index in [1.165, 1.54) is 109 Å². The van der Waals surface area contributed by atoms with Crippen molar-refractivity contribution in [2.75, 3.05) is 41.4 Å². The molecule has 0 heterocycles. The first-order valence-corrected chi connectivity index (χ1v) is 14.0. The van der Waals surface area contributed by atoms with E-state index in [1.54, 1.807) is 14.2 Å². The maximum absolute atomic E-state index is 5.52. The van der Waals surface area contributed by atoms with Gasteiger partial charge in [-0.3, -0.25) is 0 Å². The zero-order valence-corrected chi connectivity index (χ0v) is 22.7. The van der Waals surface area contributed by atoms with Gasteiger partial charge in [0.25, 0.3) is 0 Å². The topological polar surface area (TPSA) is 18.5 Å². The summed E-state index contributed by atoms with van der Waals surface area (Å²) < 4.78 is 12.2. The lowest BCUT2D eigenvalue weighted by Gasteiger charge is -2.31. The first kappa shape index (κ1) is 31.6. The monoisotopic (exact) mass is 451 g/mol. The number of hydrogen-bond acceptors (Lipinski definition) is 2. The molecule has 5 heteroatoms. The minimum atomic E-state index is -1.45. The average molecular weight is 452 g/mol. The van der Waals surface area contributed by atoms with E-state index in [4.69, 9.17) is 8.85 Å². The Hall–Kier alpha value is 0.387. The molecule has 1 atom stereocenters. The molecule has 0 aliphatic heterocycles. The minimum absolute atomic E-state index is 0. The summed E-state index contributed by atoms with van der Waals surface area (Å²) in [5.41, 5.74) is 0.587. The van der Waals surface area contributed by atoms with Crippen LogP contribution in [0.15, 0.2) is 0 Å². The van der Waals surface area contributed by atoms with Gasteiger partial charge in [0, 0.05) is 26.2 Å². The third-order valence-corrected chi connectivity index (χ3v) is 8.43. The second-order valence-corrected chi connectivity index (χ2v) is 12.4. The highest BCUT2D eigenvalue weighted by molar-refractivity contribution is 6.46. The standard InChI is InChI=1S/C24H54NO2Si.ClH/c1-7-8-9-10-11-12-13-14-15-16-17-18-19-20-22-25(3,4)23-21-24(2)28(26-5)27-6;/h24,28H,7-23H2,1-6H3;1H/q+1;/p-1. The van der Waals surface area contributed by atoms with Crippen LogP contribution in [0.2, 0.25) is 5.54 Å². The Balaban J connectivity index is 0. The van der Waals surface area contributed by atoms with E-state index < -0.39 is 9.28 Å². The molecule has 3 nitrogen and oxygen atoms in total. The van der Waals surface area contributed by atoms with E-state index in [2.05, 4.69) is 27.9 Å². The van der Waals surface area contributed by atoms with Gasteiger partial charge in [0.15, 0.2) is 0 Å². The highest BCUT2D eigenvalue weighted by Gasteiger charge is 2.23. The zero-order chi connectivity index (χ0) is 21.1. The summed E-state index contributed by atoms with van der Waals surface area (Å²) in [5, 5.41) is 0. The lowest BCUT2D eigenvalue weighted by atomic mass is 10.0. The molecular formula is C24H54ClNO2Si. The van der Waals surface area contributed by atoms with Gasteiger partial charge in [0.2, 0.25) is 0 Å². The van der Waals surface area contributed by atoms with Gasteiger partial charge < -0.3 is 25.7 Å². The molecule has 0 aromatic rings. The van der Waals surface area contributed by atoms with Gasteiger partial charge in [0.05, 0.1) is 27.2 Å². The Morgan fingerprint density at radius 3 is 1.41 bits per heavy atom. The van der Waals surface area contributed by atoms with Crippen LogP contribution in [0.3, 0.4) is 0 Å². The Labute approximate surface area is 192 Å². The molecule has 0 aliphatic rings. The second kappa shape index (κ2) is 21.6. The summed E-state index contributed by atoms with van der Waals surface area (Å²) in [6.07, 6.45) is 21.3. The van der Waals surface area contributed by atoms with Crippen LogP contribution in [0.25, 0.3) is 0 Å². The van der Waals surface area contributed by atoms with Gasteiger partial charge in [-0.15, -0.1) is 0 Å². The van der Waals surface area contributed by atoms with E-state index in [0.29, 0.717) is 5.54 Å². The van der Waals surface area contributed by atoms with Crippen molar-refractivity contribution in [2.45, 2.75) is 116 Å². The molecule has 0 bridgehead atoms. The molecular weight excluding hydrogens is 398 g/mol. The van der Waals surface area contributed by atoms with E-state index in [-0.39, 0.29) is 12.4 Å². The third-order valence-electron chi connectivity index (χ3n) is 6.24. The molecule has 0 N–H and O–H groups in total. The van der Waals surface area contributed by atoms with Crippen molar-refractivity contribution in [3.8, 4) is 0 Å². The van der Waals surface area contributed by atoms with Crippen LogP contribution in [0.5, 0.6) is 0 Å². The molecule has 0 aromatic heterocycles. The highest BCUT2D eigenvalue weighted by atomic mass is 35.5. The van der Waals surface area contributed by atoms with Crippen LogP contribution in [0.1, 0.15) is 110 Å². The van der Waals surface area contributed by atoms with Gasteiger partial charge in [-0.05, 0) is 12.8 Å². The summed E-state index contributed by atoms with van der Waals surface area (Å²) in [4.78, 5) is 0. The molecule has 0 amide bonds. The smallest absolute Gasteiger partial charge is 0.324 e. The molecule has 0 aromatic carbocycles. The number of unbranched alkanes of at least 4 members (excludes halogenated alkanes) is 13. The minimum Gasteiger partial charge on any atom is -1.00 e. The molecule has 0 saturated heterocycles. The summed E-state index contributed by atoms with van der Waals surface area (Å²) in [7, 11) is 6.90. The van der Waals surface area contributed by atoms with Crippen molar-refractivity contribution in [1.29, 1.82) is 0 Å². The Bertz CT molecular complexity index is 328. The number of quaternary nitrogens is 1. The highest BCUT2D eigenvalue weighted by Crippen LogP contribution is 2.18. The molecule has 1 unspecified atom stereocenters. The largest absolute Gasteiger partial charge is 1.00 e. The van der Waals surface area contributed by atoms with Crippen LogP contribution < -0.4 is 12.4 Å². The fraction of sp³-hybridized carbons (Fsp3) is 1.00. The summed E-state index contributed by atoms with van der Waals surface area (Å²) >= 11 is 0. The summed E-state index contributed by atoms with van der Waals surface area (Å²) in [6.45, 7) is 7.12. The number of nitrogens with zero attached hydrogens (tertiary/aromatic N) is 1. The Morgan fingerprint density at radius 2 is 1.03 bits per heavy atom. The molecule has 0 rings (SSSR count). The lowest BCUT2D eigenvalue weighted by molar-refractivity contribution is -0.890. The molecule has 29 heavy (non-hydrogen) atoms. The van der Waals surface area contributed by atoms with Crippen LogP contribution in [-0.2, 0) is 8.85 Å². The fourth-order valence-corrected chi connectivity index (χ4v) is 5.64. The van der Waals surface area contributed by atoms with Crippen molar-refractivity contribution in [3.05, 3.63) is 0 Å². The normalized spacial score (nSPS) is 12.9. The predicted molar refractivity (Wildman–Crippen MR) is 127 cm³/mol. The van der Waals surface area contributed by atoms with Crippen LogP contribution in [0.4, 0.5) is 0 Å². The summed E-state index contributed by atoms with van der Waals surface area (Å²) in [5.74, 6) is 0. The number of rotatable bonds is 21. The lowest BCUT2D eigenvalue weighted by Crippen LogP contribution is -3.00. The molecule has 0 radical (unpaired) electrons. The number of hydrogen-bond donors (Lipinski definition) is 0. The third kappa shape index (κ3) is 20.1. The maximum Gasteiger partial charge on any atom is 0.324 e. The first-order chi connectivity index (χ1) is 13.5. The van der Waals surface area contributed by atoms with Gasteiger partial charge in [-0.1, -0.05) is 90.9 Å². The van der Waals surface area contributed by atoms with Crippen molar-refractivity contribution >= 4 is 9.28 Å². The maximum atomic E-state index is 5.52. The average Bonchev–Trinajstić information content (AvgIpc) is 2.67. The van der Waals surface area contributed by atoms with E-state index in [0.717, 1.165) is 4.48 Å². The summed E-state index contributed by atoms with van der Waals surface area (Å²) in [6, 6.07) is 0. The number of halogens is 1. The zero-order valence-electron chi connectivity index (χ0n) is 20.8. The van der Waals surface area contributed by atoms with Crippen LogP contribution >= 0.6 is 0 Å². The predicted octanol–water partition coefficient (Wildman–Crippen LogP) is 3.84. The SMILES string of the molecule is CCCCCCCCCCCCCCCC[N+](C)(C)CCC(C)[SiH](OC)OC.[Cl-]. The quantitative estimate of drug-likeness (QED) is 0.150. The van der Waals surface area contributed by atoms with Crippen LogP contribution in [0, 0.1) is 0 Å². The van der Waals surface area contributed by atoms with Gasteiger partial charge in [-0.25, -0.2) is 0 Å². The molecule has 0 aliphatic carbocycles. The van der Waals surface area contributed by atoms with Crippen molar-refractivity contribution in [3.63, 3.8) is 0 Å². The van der Waals surface area contributed by atoms with Gasteiger partial charge in [0.1, 0.15) is 0 Å². The first-order valence-electron chi connectivity index (χ1n) is 12.3. The van der Waals surface area contributed by atoms with Gasteiger partial charge in [-0.2, -0.15) is 0 Å². The van der Waals surface area contributed by atoms with Crippen molar-refractivity contribution in [2.24, 2.45) is 0 Å². The van der Waals surface area contributed by atoms with E-state index in [1.807, 2.05) is 0 Å². The van der Waals surface area contributed by atoms with Crippen molar-refractivity contribution < 1.29 is 25.7 Å². The van der Waals surface area contributed by atoms with Gasteiger partial charge >= 0.3 is 9.28 Å². The van der Waals surface area contributed by atoms with Crippen molar-refractivity contribution in [1.82, 2.24) is 0 Å². The molecule has 0 spiro atoms. The Morgan fingerprint density at radius 1 is 0.655 bits per heavy atom. The van der Waals surface area contributed by atoms with E-state index >= 15 is 0 Å². The second-order valence-electron chi connectivity index (χ2n) is 9.58. The fourth-order valence-electron chi connectivity index (χ4n) is 4.10.